The van der Waals surface area contributed by atoms with Gasteiger partial charge in [0.15, 0.2) is 0 Å². The second kappa shape index (κ2) is 5.72. The first kappa shape index (κ1) is 13.6. The zero-order valence-electron chi connectivity index (χ0n) is 10.4. The molecule has 1 aromatic heterocycles. The van der Waals surface area contributed by atoms with Crippen LogP contribution < -0.4 is 5.32 Å². The van der Waals surface area contributed by atoms with Gasteiger partial charge in [-0.1, -0.05) is 0 Å². The Balaban J connectivity index is 2.32. The van der Waals surface area contributed by atoms with Gasteiger partial charge in [0.2, 0.25) is 0 Å². The summed E-state index contributed by atoms with van der Waals surface area (Å²) in [5.74, 6) is 0. The van der Waals surface area contributed by atoms with Gasteiger partial charge < -0.3 is 15.3 Å². The van der Waals surface area contributed by atoms with E-state index in [9.17, 15) is 5.11 Å². The van der Waals surface area contributed by atoms with Crippen molar-refractivity contribution in [3.63, 3.8) is 0 Å². The van der Waals surface area contributed by atoms with Crippen LogP contribution in [0.3, 0.4) is 0 Å². The molecule has 0 aliphatic heterocycles. The van der Waals surface area contributed by atoms with Gasteiger partial charge >= 0.3 is 0 Å². The quantitative estimate of drug-likeness (QED) is 0.778. The molecule has 0 fully saturated rings. The average Bonchev–Trinajstić information content (AvgIpc) is 2.49. The van der Waals surface area contributed by atoms with Crippen molar-refractivity contribution in [1.29, 1.82) is 0 Å². The van der Waals surface area contributed by atoms with Gasteiger partial charge in [0.05, 0.1) is 16.8 Å². The highest BCUT2D eigenvalue weighted by Crippen LogP contribution is 2.11. The van der Waals surface area contributed by atoms with Gasteiger partial charge in [-0.15, -0.1) is 11.3 Å². The Hall–Kier alpha value is -0.490. The molecule has 92 valence electrons. The summed E-state index contributed by atoms with van der Waals surface area (Å²) in [6, 6.07) is 0. The largest absolute Gasteiger partial charge is 0.388 e. The summed E-state index contributed by atoms with van der Waals surface area (Å²) in [7, 11) is 3.92. The van der Waals surface area contributed by atoms with Crippen LogP contribution in [0.15, 0.2) is 5.51 Å². The maximum Gasteiger partial charge on any atom is 0.0869 e. The van der Waals surface area contributed by atoms with E-state index in [4.69, 9.17) is 0 Å². The minimum Gasteiger partial charge on any atom is -0.388 e. The molecule has 0 radical (unpaired) electrons. The molecule has 4 nitrogen and oxygen atoms in total. The first-order valence-corrected chi connectivity index (χ1v) is 6.25. The number of thiazole rings is 1. The molecule has 5 heteroatoms. The van der Waals surface area contributed by atoms with Gasteiger partial charge in [0.1, 0.15) is 0 Å². The fourth-order valence-corrected chi connectivity index (χ4v) is 2.43. The summed E-state index contributed by atoms with van der Waals surface area (Å²) in [5.41, 5.74) is 2.23. The van der Waals surface area contributed by atoms with E-state index in [2.05, 4.69) is 10.3 Å². The number of nitrogens with zero attached hydrogens (tertiary/aromatic N) is 2. The van der Waals surface area contributed by atoms with Crippen molar-refractivity contribution < 1.29 is 5.11 Å². The van der Waals surface area contributed by atoms with Crippen LogP contribution in [0.2, 0.25) is 0 Å². The minimum atomic E-state index is -0.692. The Labute approximate surface area is 101 Å². The molecule has 1 heterocycles. The zero-order valence-corrected chi connectivity index (χ0v) is 11.3. The van der Waals surface area contributed by atoms with Crippen LogP contribution in [0.4, 0.5) is 0 Å². The van der Waals surface area contributed by atoms with Crippen molar-refractivity contribution >= 4 is 11.3 Å². The van der Waals surface area contributed by atoms with Crippen LogP contribution in [0.5, 0.6) is 0 Å². The first-order valence-electron chi connectivity index (χ1n) is 5.37. The maximum absolute atomic E-state index is 10.1. The first-order chi connectivity index (χ1) is 7.41. The van der Waals surface area contributed by atoms with Crippen molar-refractivity contribution in [2.24, 2.45) is 0 Å². The monoisotopic (exact) mass is 243 g/mol. The number of aromatic nitrogens is 1. The lowest BCUT2D eigenvalue weighted by Crippen LogP contribution is -2.45. The fraction of sp³-hybridized carbons (Fsp3) is 0.727. The maximum atomic E-state index is 10.1. The van der Waals surface area contributed by atoms with E-state index in [1.54, 1.807) is 11.3 Å². The molecule has 1 atom stereocenters. The second-order valence-electron chi connectivity index (χ2n) is 4.70. The second-order valence-corrected chi connectivity index (χ2v) is 5.64. The smallest absolute Gasteiger partial charge is 0.0869 e. The number of hydrogen-bond donors (Lipinski definition) is 2. The Morgan fingerprint density at radius 3 is 2.75 bits per heavy atom. The molecule has 2 N–H and O–H groups in total. The fourth-order valence-electron chi connectivity index (χ4n) is 1.68. The van der Waals surface area contributed by atoms with Crippen molar-refractivity contribution in [2.75, 3.05) is 27.2 Å². The van der Waals surface area contributed by atoms with E-state index in [-0.39, 0.29) is 0 Å². The molecule has 1 unspecified atom stereocenters. The number of rotatable bonds is 6. The molecule has 0 bridgehead atoms. The average molecular weight is 243 g/mol. The van der Waals surface area contributed by atoms with Crippen LogP contribution in [-0.4, -0.2) is 47.8 Å². The number of aliphatic hydroxyl groups is 1. The van der Waals surface area contributed by atoms with Crippen LogP contribution in [0, 0.1) is 6.92 Å². The van der Waals surface area contributed by atoms with Gasteiger partial charge in [-0.05, 0) is 27.9 Å². The third-order valence-corrected chi connectivity index (χ3v) is 3.23. The summed E-state index contributed by atoms with van der Waals surface area (Å²) in [5, 5.41) is 13.3. The highest BCUT2D eigenvalue weighted by molar-refractivity contribution is 7.09. The predicted molar refractivity (Wildman–Crippen MR) is 67.7 cm³/mol. The van der Waals surface area contributed by atoms with Gasteiger partial charge in [-0.2, -0.15) is 0 Å². The summed E-state index contributed by atoms with van der Waals surface area (Å²) in [6.45, 7) is 5.87. The van der Waals surface area contributed by atoms with Crippen LogP contribution in [-0.2, 0) is 6.54 Å². The lowest BCUT2D eigenvalue weighted by atomic mass is 10.1. The number of hydrogen-bond acceptors (Lipinski definition) is 5. The highest BCUT2D eigenvalue weighted by Gasteiger charge is 2.20. The van der Waals surface area contributed by atoms with E-state index in [0.717, 1.165) is 12.2 Å². The topological polar surface area (TPSA) is 48.4 Å². The predicted octanol–water partition coefficient (Wildman–Crippen LogP) is 0.854. The minimum absolute atomic E-state index is 0.586. The van der Waals surface area contributed by atoms with Gasteiger partial charge in [0, 0.05) is 24.5 Å². The van der Waals surface area contributed by atoms with E-state index in [1.807, 2.05) is 38.4 Å². The molecule has 0 aromatic carbocycles. The Morgan fingerprint density at radius 2 is 2.25 bits per heavy atom. The molecular formula is C11H21N3OS. The standard InChI is InChI=1S/C11H21N3OS/c1-9-10(16-8-13-9)5-12-6-11(2,15)7-14(3)4/h8,12,15H,5-7H2,1-4H3. The van der Waals surface area contributed by atoms with E-state index < -0.39 is 5.60 Å². The zero-order chi connectivity index (χ0) is 12.2. The molecule has 0 spiro atoms. The van der Waals surface area contributed by atoms with Crippen molar-refractivity contribution in [3.05, 3.63) is 16.1 Å². The van der Waals surface area contributed by atoms with Gasteiger partial charge in [0.25, 0.3) is 0 Å². The lowest BCUT2D eigenvalue weighted by Gasteiger charge is -2.27. The van der Waals surface area contributed by atoms with E-state index in [0.29, 0.717) is 13.1 Å². The Morgan fingerprint density at radius 1 is 1.56 bits per heavy atom. The third-order valence-electron chi connectivity index (χ3n) is 2.29. The highest BCUT2D eigenvalue weighted by atomic mass is 32.1. The van der Waals surface area contributed by atoms with Crippen molar-refractivity contribution in [1.82, 2.24) is 15.2 Å². The molecule has 1 rings (SSSR count). The van der Waals surface area contributed by atoms with Gasteiger partial charge in [-0.25, -0.2) is 4.98 Å². The molecule has 0 saturated heterocycles. The Bertz CT molecular complexity index is 323. The van der Waals surface area contributed by atoms with E-state index in [1.165, 1.54) is 4.88 Å². The summed E-state index contributed by atoms with van der Waals surface area (Å²) < 4.78 is 0. The van der Waals surface area contributed by atoms with Gasteiger partial charge in [-0.3, -0.25) is 0 Å². The van der Waals surface area contributed by atoms with E-state index >= 15 is 0 Å². The molecular weight excluding hydrogens is 222 g/mol. The third kappa shape index (κ3) is 4.57. The molecule has 0 amide bonds. The van der Waals surface area contributed by atoms with Crippen molar-refractivity contribution in [3.8, 4) is 0 Å². The van der Waals surface area contributed by atoms with Crippen LogP contribution >= 0.6 is 11.3 Å². The van der Waals surface area contributed by atoms with Crippen LogP contribution in [0.25, 0.3) is 0 Å². The summed E-state index contributed by atoms with van der Waals surface area (Å²) >= 11 is 1.65. The normalized spacial score (nSPS) is 15.4. The SMILES string of the molecule is Cc1ncsc1CNCC(C)(O)CN(C)C. The van der Waals surface area contributed by atoms with Crippen LogP contribution in [0.1, 0.15) is 17.5 Å². The number of likely N-dealkylation sites (N-methyl/N-ethyl adjacent to an activating group) is 1. The number of nitrogens with one attached hydrogen (secondary N) is 1. The summed E-state index contributed by atoms with van der Waals surface area (Å²) in [4.78, 5) is 7.41. The molecule has 0 saturated carbocycles. The molecule has 16 heavy (non-hydrogen) atoms. The molecule has 1 aromatic rings. The number of aryl methyl sites for hydroxylation is 1. The lowest BCUT2D eigenvalue weighted by molar-refractivity contribution is 0.0336. The van der Waals surface area contributed by atoms with Crippen molar-refractivity contribution in [2.45, 2.75) is 26.0 Å². The Kier molecular flexibility index (Phi) is 4.86. The molecule has 0 aliphatic rings. The molecule has 0 aliphatic carbocycles. The summed E-state index contributed by atoms with van der Waals surface area (Å²) in [6.07, 6.45) is 0.